The Balaban J connectivity index is 1.74. The molecule has 5 nitrogen and oxygen atoms in total. The number of aryl methyl sites for hydroxylation is 1. The van der Waals surface area contributed by atoms with Crippen LogP contribution in [0.4, 0.5) is 5.69 Å². The minimum atomic E-state index is -0.105. The summed E-state index contributed by atoms with van der Waals surface area (Å²) in [5.74, 6) is 0. The Bertz CT molecular complexity index is 826. The zero-order valence-electron chi connectivity index (χ0n) is 11.8. The number of nitrogens with one attached hydrogen (secondary N) is 1. The molecule has 1 aromatic heterocycles. The van der Waals surface area contributed by atoms with Crippen molar-refractivity contribution in [2.75, 3.05) is 11.9 Å². The van der Waals surface area contributed by atoms with Gasteiger partial charge < -0.3 is 5.32 Å². The molecule has 106 valence electrons. The molecule has 0 saturated heterocycles. The van der Waals surface area contributed by atoms with Gasteiger partial charge in [-0.1, -0.05) is 29.5 Å². The first-order valence-electron chi connectivity index (χ1n) is 6.87. The molecular formula is C16H16N4O. The fraction of sp³-hybridized carbons (Fsp3) is 0.188. The first-order chi connectivity index (χ1) is 10.2. The molecule has 1 N–H and O–H groups in total. The molecule has 0 aliphatic carbocycles. The van der Waals surface area contributed by atoms with Gasteiger partial charge in [0.1, 0.15) is 5.52 Å². The Labute approximate surface area is 122 Å². The van der Waals surface area contributed by atoms with Crippen molar-refractivity contribution in [2.45, 2.75) is 13.5 Å². The molecule has 0 atom stereocenters. The zero-order chi connectivity index (χ0) is 14.7. The summed E-state index contributed by atoms with van der Waals surface area (Å²) in [7, 11) is 0. The predicted octanol–water partition coefficient (Wildman–Crippen LogP) is 2.21. The Hall–Kier alpha value is -2.69. The van der Waals surface area contributed by atoms with E-state index in [4.69, 9.17) is 0 Å². The Morgan fingerprint density at radius 3 is 2.86 bits per heavy atom. The van der Waals surface area contributed by atoms with E-state index < -0.39 is 0 Å². The summed E-state index contributed by atoms with van der Waals surface area (Å²) in [6, 6.07) is 15.4. The number of rotatable bonds is 4. The van der Waals surface area contributed by atoms with E-state index in [9.17, 15) is 4.79 Å². The van der Waals surface area contributed by atoms with Crippen molar-refractivity contribution < 1.29 is 0 Å². The van der Waals surface area contributed by atoms with Gasteiger partial charge in [0.05, 0.1) is 11.9 Å². The van der Waals surface area contributed by atoms with E-state index in [1.54, 1.807) is 12.1 Å². The van der Waals surface area contributed by atoms with Crippen molar-refractivity contribution in [3.8, 4) is 0 Å². The minimum Gasteiger partial charge on any atom is -0.383 e. The van der Waals surface area contributed by atoms with Crippen molar-refractivity contribution >= 4 is 16.6 Å². The summed E-state index contributed by atoms with van der Waals surface area (Å²) in [6.45, 7) is 3.14. The maximum Gasteiger partial charge on any atom is 0.277 e. The highest BCUT2D eigenvalue weighted by atomic mass is 16.1. The fourth-order valence-electron chi connectivity index (χ4n) is 2.23. The van der Waals surface area contributed by atoms with E-state index in [0.717, 1.165) is 5.69 Å². The summed E-state index contributed by atoms with van der Waals surface area (Å²) in [5.41, 5.74) is 2.76. The van der Waals surface area contributed by atoms with Crippen molar-refractivity contribution in [1.29, 1.82) is 0 Å². The first-order valence-corrected chi connectivity index (χ1v) is 6.87. The third-order valence-electron chi connectivity index (χ3n) is 3.30. The number of hydrogen-bond donors (Lipinski definition) is 1. The molecule has 0 fully saturated rings. The van der Waals surface area contributed by atoms with Crippen LogP contribution in [0.3, 0.4) is 0 Å². The van der Waals surface area contributed by atoms with Crippen LogP contribution in [-0.4, -0.2) is 21.5 Å². The normalized spacial score (nSPS) is 10.7. The molecule has 0 aliphatic heterocycles. The third-order valence-corrected chi connectivity index (χ3v) is 3.30. The van der Waals surface area contributed by atoms with Crippen LogP contribution >= 0.6 is 0 Å². The molecule has 0 aliphatic rings. The molecular weight excluding hydrogens is 264 g/mol. The van der Waals surface area contributed by atoms with E-state index in [0.29, 0.717) is 24.0 Å². The number of fused-ring (bicyclic) bond motifs is 1. The van der Waals surface area contributed by atoms with Crippen LogP contribution in [0.5, 0.6) is 0 Å². The van der Waals surface area contributed by atoms with Crippen LogP contribution in [0.15, 0.2) is 53.3 Å². The standard InChI is InChI=1S/C16H16N4O/c1-12-5-4-6-13(11-12)17-9-10-20-16(21)14-7-2-3-8-15(14)18-19-20/h2-8,11,17H,9-10H2,1H3. The van der Waals surface area contributed by atoms with Gasteiger partial charge in [-0.05, 0) is 36.8 Å². The molecule has 0 amide bonds. The van der Waals surface area contributed by atoms with E-state index in [1.165, 1.54) is 10.2 Å². The van der Waals surface area contributed by atoms with Crippen molar-refractivity contribution in [3.05, 3.63) is 64.4 Å². The maximum absolute atomic E-state index is 12.3. The summed E-state index contributed by atoms with van der Waals surface area (Å²) >= 11 is 0. The van der Waals surface area contributed by atoms with E-state index in [2.05, 4.69) is 21.7 Å². The van der Waals surface area contributed by atoms with Gasteiger partial charge in [0, 0.05) is 12.2 Å². The minimum absolute atomic E-state index is 0.105. The number of hydrogen-bond acceptors (Lipinski definition) is 4. The van der Waals surface area contributed by atoms with Gasteiger partial charge in [0.25, 0.3) is 5.56 Å². The number of anilines is 1. The van der Waals surface area contributed by atoms with Crippen LogP contribution in [0, 0.1) is 6.92 Å². The van der Waals surface area contributed by atoms with Crippen LogP contribution in [0.25, 0.3) is 10.9 Å². The SMILES string of the molecule is Cc1cccc(NCCn2nnc3ccccc3c2=O)c1. The second-order valence-electron chi connectivity index (χ2n) is 4.93. The molecule has 2 aromatic carbocycles. The zero-order valence-corrected chi connectivity index (χ0v) is 11.8. The molecule has 21 heavy (non-hydrogen) atoms. The fourth-order valence-corrected chi connectivity index (χ4v) is 2.23. The van der Waals surface area contributed by atoms with Crippen molar-refractivity contribution in [2.24, 2.45) is 0 Å². The van der Waals surface area contributed by atoms with Crippen LogP contribution in [-0.2, 0) is 6.54 Å². The molecule has 0 radical (unpaired) electrons. The predicted molar refractivity (Wildman–Crippen MR) is 83.5 cm³/mol. The average molecular weight is 280 g/mol. The summed E-state index contributed by atoms with van der Waals surface area (Å²) in [4.78, 5) is 12.3. The van der Waals surface area contributed by atoms with Crippen LogP contribution < -0.4 is 10.9 Å². The summed E-state index contributed by atoms with van der Waals surface area (Å²) < 4.78 is 1.39. The summed E-state index contributed by atoms with van der Waals surface area (Å²) in [5, 5.41) is 11.9. The molecule has 0 spiro atoms. The van der Waals surface area contributed by atoms with Gasteiger partial charge >= 0.3 is 0 Å². The quantitative estimate of drug-likeness (QED) is 0.796. The second kappa shape index (κ2) is 5.75. The van der Waals surface area contributed by atoms with E-state index in [-0.39, 0.29) is 5.56 Å². The Kier molecular flexibility index (Phi) is 3.64. The monoisotopic (exact) mass is 280 g/mol. The third kappa shape index (κ3) is 2.91. The number of benzene rings is 2. The van der Waals surface area contributed by atoms with Gasteiger partial charge in [0.2, 0.25) is 0 Å². The first kappa shape index (κ1) is 13.3. The molecule has 3 rings (SSSR count). The topological polar surface area (TPSA) is 59.8 Å². The van der Waals surface area contributed by atoms with Gasteiger partial charge in [-0.25, -0.2) is 4.68 Å². The Morgan fingerprint density at radius 1 is 1.14 bits per heavy atom. The molecule has 3 aromatic rings. The molecule has 0 saturated carbocycles. The molecule has 0 bridgehead atoms. The lowest BCUT2D eigenvalue weighted by atomic mass is 10.2. The largest absolute Gasteiger partial charge is 0.383 e. The lowest BCUT2D eigenvalue weighted by molar-refractivity contribution is 0.566. The van der Waals surface area contributed by atoms with Crippen molar-refractivity contribution in [1.82, 2.24) is 15.0 Å². The maximum atomic E-state index is 12.3. The second-order valence-corrected chi connectivity index (χ2v) is 4.93. The van der Waals surface area contributed by atoms with Gasteiger partial charge in [0.15, 0.2) is 0 Å². The highest BCUT2D eigenvalue weighted by Gasteiger charge is 2.04. The molecule has 5 heteroatoms. The van der Waals surface area contributed by atoms with E-state index in [1.807, 2.05) is 37.3 Å². The van der Waals surface area contributed by atoms with Gasteiger partial charge in [-0.2, -0.15) is 0 Å². The Morgan fingerprint density at radius 2 is 2.00 bits per heavy atom. The highest BCUT2D eigenvalue weighted by Crippen LogP contribution is 2.09. The smallest absolute Gasteiger partial charge is 0.277 e. The van der Waals surface area contributed by atoms with Gasteiger partial charge in [-0.15, -0.1) is 5.10 Å². The number of aromatic nitrogens is 3. The van der Waals surface area contributed by atoms with Crippen LogP contribution in [0.1, 0.15) is 5.56 Å². The van der Waals surface area contributed by atoms with Crippen LogP contribution in [0.2, 0.25) is 0 Å². The van der Waals surface area contributed by atoms with Gasteiger partial charge in [-0.3, -0.25) is 4.79 Å². The average Bonchev–Trinajstić information content (AvgIpc) is 2.50. The molecule has 1 heterocycles. The highest BCUT2D eigenvalue weighted by molar-refractivity contribution is 5.76. The lowest BCUT2D eigenvalue weighted by Crippen LogP contribution is -2.27. The molecule has 0 unspecified atom stereocenters. The van der Waals surface area contributed by atoms with Crippen molar-refractivity contribution in [3.63, 3.8) is 0 Å². The summed E-state index contributed by atoms with van der Waals surface area (Å²) in [6.07, 6.45) is 0. The van der Waals surface area contributed by atoms with E-state index >= 15 is 0 Å². The lowest BCUT2D eigenvalue weighted by Gasteiger charge is -2.08. The number of nitrogens with zero attached hydrogens (tertiary/aromatic N) is 3.